The highest BCUT2D eigenvalue weighted by atomic mass is 19.1. The van der Waals surface area contributed by atoms with Gasteiger partial charge in [0, 0.05) is 113 Å². The molecule has 20 nitrogen and oxygen atoms in total. The number of hydrogen-bond donors (Lipinski definition) is 2. The van der Waals surface area contributed by atoms with Crippen LogP contribution in [0.1, 0.15) is 84.1 Å². The largest absolute Gasteiger partial charge is 0.461 e. The van der Waals surface area contributed by atoms with E-state index in [1.807, 2.05) is 4.90 Å². The molecule has 7 fully saturated rings. The molecule has 430 valence electrons. The molecule has 13 rings (SSSR count). The minimum Gasteiger partial charge on any atom is -0.461 e. The van der Waals surface area contributed by atoms with Crippen molar-refractivity contribution in [2.45, 2.75) is 93.5 Å². The molecule has 3 aromatic carbocycles. The minimum atomic E-state index is -1.05. The van der Waals surface area contributed by atoms with Crippen LogP contribution in [0.3, 0.4) is 0 Å². The van der Waals surface area contributed by atoms with E-state index < -0.39 is 59.0 Å². The topological polar surface area (TPSA) is 212 Å². The van der Waals surface area contributed by atoms with Crippen molar-refractivity contribution in [3.8, 4) is 29.6 Å². The molecule has 22 heteroatoms. The monoisotopic (exact) mass is 1130 g/mol. The van der Waals surface area contributed by atoms with Gasteiger partial charge in [0.05, 0.1) is 40.3 Å². The number of benzene rings is 3. The van der Waals surface area contributed by atoms with Crippen molar-refractivity contribution in [2.75, 3.05) is 89.1 Å². The number of nitrogens with zero attached hydrogens (tertiary/aromatic N) is 9. The van der Waals surface area contributed by atoms with Gasteiger partial charge >= 0.3 is 12.1 Å². The highest BCUT2D eigenvalue weighted by Gasteiger charge is 2.52. The Bertz CT molecular complexity index is 3600. The second kappa shape index (κ2) is 21.6. The number of halogens is 2. The van der Waals surface area contributed by atoms with Crippen molar-refractivity contribution in [3.63, 3.8) is 0 Å². The number of pyridine rings is 1. The van der Waals surface area contributed by atoms with Gasteiger partial charge in [0.1, 0.15) is 42.1 Å². The number of terminal acetylenes is 1. The zero-order valence-corrected chi connectivity index (χ0v) is 46.0. The summed E-state index contributed by atoms with van der Waals surface area (Å²) in [6, 6.07) is 12.1. The maximum atomic E-state index is 17.3. The van der Waals surface area contributed by atoms with E-state index in [1.165, 1.54) is 6.07 Å². The molecule has 6 amide bonds. The summed E-state index contributed by atoms with van der Waals surface area (Å²) in [5, 5.41) is 7.33. The fourth-order valence-electron chi connectivity index (χ4n) is 14.3. The van der Waals surface area contributed by atoms with E-state index in [2.05, 4.69) is 42.8 Å². The van der Waals surface area contributed by atoms with Crippen LogP contribution in [-0.2, 0) is 23.9 Å². The first kappa shape index (κ1) is 54.1. The van der Waals surface area contributed by atoms with E-state index in [0.29, 0.717) is 98.9 Å². The number of piperazine rings is 2. The Hall–Kier alpha value is -8.13. The van der Waals surface area contributed by atoms with Gasteiger partial charge in [-0.2, -0.15) is 9.97 Å². The Morgan fingerprint density at radius 1 is 0.867 bits per heavy atom. The van der Waals surface area contributed by atoms with E-state index in [9.17, 15) is 28.8 Å². The maximum Gasteiger partial charge on any atom is 0.409 e. The number of nitrogens with one attached hydrogen (secondary N) is 2. The van der Waals surface area contributed by atoms with Crippen molar-refractivity contribution < 1.29 is 51.8 Å². The van der Waals surface area contributed by atoms with Gasteiger partial charge in [0.15, 0.2) is 5.82 Å². The summed E-state index contributed by atoms with van der Waals surface area (Å²) in [5.41, 5.74) is 1.98. The normalized spacial score (nSPS) is 25.6. The van der Waals surface area contributed by atoms with Crippen molar-refractivity contribution in [1.29, 1.82) is 0 Å². The van der Waals surface area contributed by atoms with Crippen molar-refractivity contribution in [2.24, 2.45) is 5.92 Å². The fraction of sp³-hybridized carbons (Fsp3) is 0.459. The lowest BCUT2D eigenvalue weighted by atomic mass is 9.93. The lowest BCUT2D eigenvalue weighted by Crippen LogP contribution is -2.59. The molecule has 2 aromatic heterocycles. The number of aromatic nitrogens is 3. The van der Waals surface area contributed by atoms with Gasteiger partial charge in [-0.1, -0.05) is 42.3 Å². The van der Waals surface area contributed by atoms with Crippen LogP contribution in [0.4, 0.5) is 25.1 Å². The van der Waals surface area contributed by atoms with Crippen LogP contribution in [0, 0.1) is 29.9 Å². The quantitative estimate of drug-likeness (QED) is 0.0934. The van der Waals surface area contributed by atoms with Crippen LogP contribution >= 0.6 is 0 Å². The lowest BCUT2D eigenvalue weighted by molar-refractivity contribution is -0.142. The molecule has 2 N–H and O–H groups in total. The number of anilines is 2. The van der Waals surface area contributed by atoms with Gasteiger partial charge in [-0.3, -0.25) is 44.1 Å². The second-order valence-corrected chi connectivity index (χ2v) is 23.4. The summed E-state index contributed by atoms with van der Waals surface area (Å²) < 4.78 is 50.7. The smallest absolute Gasteiger partial charge is 0.409 e. The first-order valence-corrected chi connectivity index (χ1v) is 28.6. The summed E-state index contributed by atoms with van der Waals surface area (Å²) in [5.74, 6) is -0.867. The summed E-state index contributed by atoms with van der Waals surface area (Å²) in [4.78, 5) is 105. The molecule has 8 aliphatic rings. The SMILES string of the molecule is C#Cc1c(F)ccc2cccc(-c3ncc4c(N5CC6CCC(C5)N6)nc(OCC56CCC(COC(=O)N7CCN(C(=O)C8CCN(c9ccc%10c(c9)C(=O)N(C9CCC(=O)NC9=O)C%10=O)CC8)[C@H](COC)C7)N5CC(=C)C6)nc4c3F)c12. The number of methoxy groups -OCH3 is 1. The van der Waals surface area contributed by atoms with E-state index in [4.69, 9.17) is 30.6 Å². The highest BCUT2D eigenvalue weighted by Crippen LogP contribution is 2.45. The van der Waals surface area contributed by atoms with Crippen LogP contribution < -0.4 is 25.2 Å². The number of amides is 6. The third-order valence-corrected chi connectivity index (χ3v) is 18.4. The van der Waals surface area contributed by atoms with E-state index >= 15 is 8.78 Å². The zero-order chi connectivity index (χ0) is 57.4. The number of hydrogen-bond acceptors (Lipinski definition) is 16. The minimum absolute atomic E-state index is 0.00859. The van der Waals surface area contributed by atoms with Crippen LogP contribution in [-0.4, -0.2) is 185 Å². The predicted molar refractivity (Wildman–Crippen MR) is 300 cm³/mol. The van der Waals surface area contributed by atoms with Gasteiger partial charge in [-0.25, -0.2) is 13.6 Å². The van der Waals surface area contributed by atoms with Crippen LogP contribution in [0.2, 0.25) is 0 Å². The Kier molecular flexibility index (Phi) is 14.1. The Morgan fingerprint density at radius 3 is 2.43 bits per heavy atom. The number of rotatable bonds is 12. The first-order chi connectivity index (χ1) is 40.2. The van der Waals surface area contributed by atoms with Crippen molar-refractivity contribution in [1.82, 2.24) is 45.2 Å². The second-order valence-electron chi connectivity index (χ2n) is 23.4. The third kappa shape index (κ3) is 9.65. The molecule has 0 radical (unpaired) electrons. The molecule has 8 aliphatic heterocycles. The fourth-order valence-corrected chi connectivity index (χ4v) is 14.3. The van der Waals surface area contributed by atoms with Crippen LogP contribution in [0.5, 0.6) is 6.01 Å². The Labute approximate surface area is 477 Å². The number of fused-ring (bicyclic) bond motifs is 6. The molecule has 5 unspecified atom stereocenters. The summed E-state index contributed by atoms with van der Waals surface area (Å²) in [7, 11) is 1.57. The number of piperidine rings is 2. The molecule has 7 saturated heterocycles. The number of carbonyl (C=O) groups excluding carboxylic acids is 6. The molecule has 83 heavy (non-hydrogen) atoms. The average Bonchev–Trinajstić information content (AvgIpc) is 4.42. The number of imide groups is 2. The lowest BCUT2D eigenvalue weighted by Gasteiger charge is -2.43. The Balaban J connectivity index is 0.652. The van der Waals surface area contributed by atoms with E-state index in [1.54, 1.807) is 60.7 Å². The molecular formula is C61H63F2N11O9. The summed E-state index contributed by atoms with van der Waals surface area (Å²) in [6.45, 7) is 8.61. The average molecular weight is 1130 g/mol. The van der Waals surface area contributed by atoms with Gasteiger partial charge < -0.3 is 39.1 Å². The molecule has 10 heterocycles. The van der Waals surface area contributed by atoms with Gasteiger partial charge in [0.25, 0.3) is 11.8 Å². The van der Waals surface area contributed by atoms with E-state index in [-0.39, 0.29) is 110 Å². The third-order valence-electron chi connectivity index (χ3n) is 18.4. The summed E-state index contributed by atoms with van der Waals surface area (Å²) in [6.07, 6.45) is 12.2. The molecule has 6 atom stereocenters. The van der Waals surface area contributed by atoms with Gasteiger partial charge in [-0.05, 0) is 81.0 Å². The molecule has 0 spiro atoms. The molecule has 2 bridgehead atoms. The van der Waals surface area contributed by atoms with Crippen molar-refractivity contribution in [3.05, 3.63) is 95.2 Å². The van der Waals surface area contributed by atoms with Crippen LogP contribution in [0.25, 0.3) is 32.9 Å². The molecule has 0 saturated carbocycles. The van der Waals surface area contributed by atoms with Crippen molar-refractivity contribution >= 4 is 68.8 Å². The predicted octanol–water partition coefficient (Wildman–Crippen LogP) is 5.20. The van der Waals surface area contributed by atoms with Gasteiger partial charge in [0.2, 0.25) is 17.7 Å². The summed E-state index contributed by atoms with van der Waals surface area (Å²) >= 11 is 0. The maximum absolute atomic E-state index is 17.3. The van der Waals surface area contributed by atoms with E-state index in [0.717, 1.165) is 29.0 Å². The highest BCUT2D eigenvalue weighted by molar-refractivity contribution is 6.23. The molecular weight excluding hydrogens is 1070 g/mol. The molecule has 5 aromatic rings. The molecule has 0 aliphatic carbocycles. The Morgan fingerprint density at radius 2 is 1.66 bits per heavy atom. The van der Waals surface area contributed by atoms with Gasteiger partial charge in [-0.15, -0.1) is 6.42 Å². The zero-order valence-electron chi connectivity index (χ0n) is 46.0. The number of ether oxygens (including phenoxy) is 3. The first-order valence-electron chi connectivity index (χ1n) is 28.6. The standard InChI is InChI=1S/C61H63F2N11O9/c1-4-42-47(62)13-8-35-6-5-7-44(50(35)42)52-51(63)53-46(26-64-52)54(71-28-37-9-10-38(29-71)65-37)68-59(67-53)83-33-61-19-16-40(73(61)27-34(2)25-61)32-82-60(80)70-22-23-72(41(30-70)31-81-3)56(77)36-17-20-69(21-18-36)39-11-12-43-45(24-39)58(79)74(57(43)78)48-14-15-49(75)66-55(48)76/h1,5-8,11-13,24,26,36-38,40-41,48,65H,2,9-10,14-23,25,27-33H2,3H3,(H,66,75,76)/t37?,38?,40?,41-,48?,61?/m0/s1. The number of carbonyl (C=O) groups is 6. The van der Waals surface area contributed by atoms with Crippen LogP contribution in [0.15, 0.2) is 66.9 Å².